The molecule has 2 aliphatic heterocycles. The van der Waals surface area contributed by atoms with Crippen molar-refractivity contribution in [2.24, 2.45) is 0 Å². The van der Waals surface area contributed by atoms with Gasteiger partial charge in [-0.1, -0.05) is 6.07 Å². The van der Waals surface area contributed by atoms with E-state index in [9.17, 15) is 9.59 Å². The van der Waals surface area contributed by atoms with E-state index in [2.05, 4.69) is 0 Å². The van der Waals surface area contributed by atoms with E-state index in [0.717, 1.165) is 0 Å². The van der Waals surface area contributed by atoms with E-state index in [1.807, 2.05) is 0 Å². The third-order valence-electron chi connectivity index (χ3n) is 6.87. The minimum atomic E-state index is -0.547. The lowest BCUT2D eigenvalue weighted by Gasteiger charge is -2.28. The number of ether oxygens (including phenoxy) is 8. The summed E-state index contributed by atoms with van der Waals surface area (Å²) in [5.74, 6) is 1.98. The maximum absolute atomic E-state index is 13.5. The zero-order chi connectivity index (χ0) is 28.6. The van der Waals surface area contributed by atoms with Crippen molar-refractivity contribution in [1.29, 1.82) is 0 Å². The first kappa shape index (κ1) is 26.7. The molecule has 0 bridgehead atoms. The highest BCUT2D eigenvalue weighted by Crippen LogP contribution is 2.53. The second-order valence-electron chi connectivity index (χ2n) is 8.91. The molecule has 3 aromatic rings. The minimum Gasteiger partial charge on any atom is -0.493 e. The summed E-state index contributed by atoms with van der Waals surface area (Å²) in [4.78, 5) is 26.1. The highest BCUT2D eigenvalue weighted by Gasteiger charge is 2.40. The first-order valence-corrected chi connectivity index (χ1v) is 12.3. The van der Waals surface area contributed by atoms with Crippen LogP contribution in [0.4, 0.5) is 0 Å². The number of rotatable bonds is 8. The summed E-state index contributed by atoms with van der Waals surface area (Å²) >= 11 is 0. The summed E-state index contributed by atoms with van der Waals surface area (Å²) in [5, 5.41) is 0. The molecular formula is C30H28O10. The molecule has 0 saturated heterocycles. The van der Waals surface area contributed by atoms with Gasteiger partial charge in [0.2, 0.25) is 17.3 Å². The lowest BCUT2D eigenvalue weighted by atomic mass is 9.84. The molecule has 0 amide bonds. The third-order valence-corrected chi connectivity index (χ3v) is 6.87. The van der Waals surface area contributed by atoms with Gasteiger partial charge in [0.05, 0.1) is 54.6 Å². The molecule has 2 heterocycles. The molecule has 0 aromatic heterocycles. The van der Waals surface area contributed by atoms with Crippen molar-refractivity contribution < 1.29 is 47.5 Å². The Bertz CT molecular complexity index is 1510. The Labute approximate surface area is 230 Å². The smallest absolute Gasteiger partial charge is 0.312 e. The molecule has 1 atom stereocenters. The van der Waals surface area contributed by atoms with Gasteiger partial charge in [0.1, 0.15) is 11.5 Å². The number of allylic oxidation sites excluding steroid dienone is 1. The van der Waals surface area contributed by atoms with Crippen molar-refractivity contribution in [3.05, 3.63) is 64.4 Å². The Balaban J connectivity index is 1.63. The minimum absolute atomic E-state index is 0.00122. The Morgan fingerprint density at radius 1 is 0.725 bits per heavy atom. The van der Waals surface area contributed by atoms with E-state index in [1.165, 1.54) is 42.7 Å². The zero-order valence-electron chi connectivity index (χ0n) is 22.9. The van der Waals surface area contributed by atoms with Gasteiger partial charge in [0, 0.05) is 17.0 Å². The van der Waals surface area contributed by atoms with Crippen LogP contribution in [0.2, 0.25) is 0 Å². The molecule has 208 valence electrons. The first-order chi connectivity index (χ1) is 19.4. The Morgan fingerprint density at radius 2 is 1.38 bits per heavy atom. The molecule has 0 fully saturated rings. The highest BCUT2D eigenvalue weighted by molar-refractivity contribution is 6.15. The van der Waals surface area contributed by atoms with Crippen molar-refractivity contribution in [1.82, 2.24) is 0 Å². The monoisotopic (exact) mass is 548 g/mol. The number of benzene rings is 3. The average Bonchev–Trinajstić information content (AvgIpc) is 3.29. The molecule has 40 heavy (non-hydrogen) atoms. The fourth-order valence-corrected chi connectivity index (χ4v) is 5.11. The molecule has 0 spiro atoms. The lowest BCUT2D eigenvalue weighted by Crippen LogP contribution is -2.22. The molecule has 10 heteroatoms. The van der Waals surface area contributed by atoms with Gasteiger partial charge in [0.15, 0.2) is 28.8 Å². The number of carbonyl (C=O) groups is 2. The predicted octanol–water partition coefficient (Wildman–Crippen LogP) is 4.80. The number of esters is 1. The van der Waals surface area contributed by atoms with Crippen LogP contribution in [0.15, 0.2) is 42.2 Å². The van der Waals surface area contributed by atoms with Crippen molar-refractivity contribution in [2.75, 3.05) is 42.7 Å². The average molecular weight is 549 g/mol. The van der Waals surface area contributed by atoms with Gasteiger partial charge in [-0.25, -0.2) is 0 Å². The fraction of sp³-hybridized carbons (Fsp3) is 0.267. The van der Waals surface area contributed by atoms with Crippen LogP contribution in [0, 0.1) is 0 Å². The van der Waals surface area contributed by atoms with Gasteiger partial charge in [-0.2, -0.15) is 0 Å². The second-order valence-corrected chi connectivity index (χ2v) is 8.91. The normalized spacial score (nSPS) is 16.4. The fourth-order valence-electron chi connectivity index (χ4n) is 5.11. The maximum atomic E-state index is 13.5. The standard InChI is InChI=1S/C30H28O10/c1-33-20-10-7-16(28(36-4)30(20)38-6)18-14-24(31)39-19-9-8-17-26(32)21(40-27(17)25(18)19)11-15-12-22(34-2)29(37-5)23(13-15)35-3/h7-13,18H,14H2,1-6H3/b21-11-/t18-/m0/s1. The summed E-state index contributed by atoms with van der Waals surface area (Å²) < 4.78 is 44.7. The maximum Gasteiger partial charge on any atom is 0.312 e. The van der Waals surface area contributed by atoms with Gasteiger partial charge < -0.3 is 37.9 Å². The Kier molecular flexibility index (Phi) is 7.17. The summed E-state index contributed by atoms with van der Waals surface area (Å²) in [5.41, 5.74) is 2.16. The third kappa shape index (κ3) is 4.31. The van der Waals surface area contributed by atoms with E-state index in [4.69, 9.17) is 37.9 Å². The molecule has 2 aliphatic rings. The van der Waals surface area contributed by atoms with Crippen LogP contribution in [0.25, 0.3) is 6.08 Å². The second kappa shape index (κ2) is 10.7. The first-order valence-electron chi connectivity index (χ1n) is 12.3. The summed E-state index contributed by atoms with van der Waals surface area (Å²) in [6.45, 7) is 0. The SMILES string of the molecule is COc1cc(/C=C2\Oc3c(ccc4c3[C@H](c3ccc(OC)c(OC)c3OC)CC(=O)O4)C2=O)cc(OC)c1OC. The van der Waals surface area contributed by atoms with Crippen LogP contribution >= 0.6 is 0 Å². The van der Waals surface area contributed by atoms with Crippen LogP contribution in [0.5, 0.6) is 46.0 Å². The van der Waals surface area contributed by atoms with Crippen molar-refractivity contribution in [3.8, 4) is 46.0 Å². The number of hydrogen-bond acceptors (Lipinski definition) is 10. The summed E-state index contributed by atoms with van der Waals surface area (Å²) in [6.07, 6.45) is 1.60. The van der Waals surface area contributed by atoms with Crippen LogP contribution in [0.3, 0.4) is 0 Å². The molecule has 5 rings (SSSR count). The number of hydrogen-bond donors (Lipinski definition) is 0. The van der Waals surface area contributed by atoms with Crippen molar-refractivity contribution >= 4 is 17.8 Å². The van der Waals surface area contributed by atoms with Crippen LogP contribution in [-0.2, 0) is 4.79 Å². The number of ketones is 1. The molecular weight excluding hydrogens is 520 g/mol. The van der Waals surface area contributed by atoms with E-state index in [1.54, 1.807) is 42.5 Å². The highest BCUT2D eigenvalue weighted by atomic mass is 16.5. The summed E-state index contributed by atoms with van der Waals surface area (Å²) in [7, 11) is 9.08. The van der Waals surface area contributed by atoms with Gasteiger partial charge >= 0.3 is 5.97 Å². The number of Topliss-reactive ketones (excluding diaryl/α,β-unsaturated/α-hetero) is 1. The molecule has 0 N–H and O–H groups in total. The zero-order valence-corrected chi connectivity index (χ0v) is 22.9. The Hall–Kier alpha value is -4.86. The van der Waals surface area contributed by atoms with E-state index < -0.39 is 11.9 Å². The Morgan fingerprint density at radius 3 is 1.98 bits per heavy atom. The van der Waals surface area contributed by atoms with Crippen LogP contribution < -0.4 is 37.9 Å². The van der Waals surface area contributed by atoms with Gasteiger partial charge in [-0.05, 0) is 42.0 Å². The molecule has 3 aromatic carbocycles. The van der Waals surface area contributed by atoms with E-state index >= 15 is 0 Å². The lowest BCUT2D eigenvalue weighted by molar-refractivity contribution is -0.135. The molecule has 10 nitrogen and oxygen atoms in total. The molecule has 0 unspecified atom stereocenters. The van der Waals surface area contributed by atoms with Crippen LogP contribution in [-0.4, -0.2) is 54.4 Å². The summed E-state index contributed by atoms with van der Waals surface area (Å²) in [6, 6.07) is 10.2. The van der Waals surface area contributed by atoms with Crippen molar-refractivity contribution in [3.63, 3.8) is 0 Å². The number of fused-ring (bicyclic) bond motifs is 3. The quantitative estimate of drug-likeness (QED) is 0.221. The van der Waals surface area contributed by atoms with Gasteiger partial charge in [0.25, 0.3) is 0 Å². The van der Waals surface area contributed by atoms with E-state index in [-0.39, 0.29) is 18.0 Å². The number of methoxy groups -OCH3 is 6. The van der Waals surface area contributed by atoms with Crippen LogP contribution in [0.1, 0.15) is 39.4 Å². The van der Waals surface area contributed by atoms with Gasteiger partial charge in [-0.3, -0.25) is 9.59 Å². The van der Waals surface area contributed by atoms with E-state index in [0.29, 0.717) is 68.2 Å². The number of carbonyl (C=O) groups excluding carboxylic acids is 2. The topological polar surface area (TPSA) is 108 Å². The predicted molar refractivity (Wildman–Crippen MR) is 144 cm³/mol. The molecule has 0 saturated carbocycles. The van der Waals surface area contributed by atoms with Crippen molar-refractivity contribution in [2.45, 2.75) is 12.3 Å². The molecule has 0 aliphatic carbocycles. The largest absolute Gasteiger partial charge is 0.493 e. The van der Waals surface area contributed by atoms with Gasteiger partial charge in [-0.15, -0.1) is 0 Å². The molecule has 0 radical (unpaired) electrons.